The zero-order chi connectivity index (χ0) is 20.5. The molecular formula is C20H17F4N3O. The number of aromatic nitrogens is 2. The highest BCUT2D eigenvalue weighted by Crippen LogP contribution is 2.32. The van der Waals surface area contributed by atoms with Gasteiger partial charge in [0, 0.05) is 13.6 Å². The minimum Gasteiger partial charge on any atom is -0.337 e. The number of hydrogen-bond acceptors (Lipinski definition) is 2. The van der Waals surface area contributed by atoms with Gasteiger partial charge in [0.2, 0.25) is 0 Å². The first-order valence-corrected chi connectivity index (χ1v) is 8.40. The van der Waals surface area contributed by atoms with Crippen LogP contribution in [0.4, 0.5) is 17.6 Å². The predicted octanol–water partition coefficient (Wildman–Crippen LogP) is 4.61. The fraction of sp³-hybridized carbons (Fsp3) is 0.200. The van der Waals surface area contributed by atoms with Gasteiger partial charge in [-0.3, -0.25) is 4.79 Å². The van der Waals surface area contributed by atoms with Crippen LogP contribution in [0.15, 0.2) is 54.7 Å². The van der Waals surface area contributed by atoms with Crippen LogP contribution in [0.1, 0.15) is 27.2 Å². The second kappa shape index (κ2) is 7.46. The summed E-state index contributed by atoms with van der Waals surface area (Å²) in [6.07, 6.45) is -3.22. The molecule has 1 heterocycles. The number of rotatable bonds is 4. The first kappa shape index (κ1) is 19.6. The molecule has 0 bridgehead atoms. The van der Waals surface area contributed by atoms with Gasteiger partial charge in [0.15, 0.2) is 0 Å². The molecule has 0 saturated heterocycles. The van der Waals surface area contributed by atoms with Crippen LogP contribution in [0, 0.1) is 12.7 Å². The largest absolute Gasteiger partial charge is 0.416 e. The smallest absolute Gasteiger partial charge is 0.337 e. The molecule has 8 heteroatoms. The van der Waals surface area contributed by atoms with Gasteiger partial charge in [-0.25, -0.2) is 9.07 Å². The third kappa shape index (κ3) is 3.76. The maximum absolute atomic E-state index is 14.0. The summed E-state index contributed by atoms with van der Waals surface area (Å²) in [6.45, 7) is 1.38. The molecule has 0 atom stereocenters. The van der Waals surface area contributed by atoms with Crippen molar-refractivity contribution >= 4 is 5.91 Å². The summed E-state index contributed by atoms with van der Waals surface area (Å²) in [4.78, 5) is 13.9. The molecule has 28 heavy (non-hydrogen) atoms. The Morgan fingerprint density at radius 1 is 1.11 bits per heavy atom. The van der Waals surface area contributed by atoms with Crippen LogP contribution in [0.2, 0.25) is 0 Å². The van der Waals surface area contributed by atoms with Crippen LogP contribution in [0.3, 0.4) is 0 Å². The summed E-state index contributed by atoms with van der Waals surface area (Å²) >= 11 is 0. The molecule has 0 aliphatic carbocycles. The number of halogens is 4. The maximum Gasteiger partial charge on any atom is 0.416 e. The minimum absolute atomic E-state index is 0.00926. The highest BCUT2D eigenvalue weighted by molar-refractivity contribution is 5.95. The minimum atomic E-state index is -4.51. The summed E-state index contributed by atoms with van der Waals surface area (Å²) < 4.78 is 54.8. The molecule has 0 saturated carbocycles. The van der Waals surface area contributed by atoms with Crippen molar-refractivity contribution in [3.63, 3.8) is 0 Å². The Kier molecular flexibility index (Phi) is 5.22. The number of benzene rings is 2. The Morgan fingerprint density at radius 3 is 2.43 bits per heavy atom. The van der Waals surface area contributed by atoms with E-state index < -0.39 is 23.5 Å². The third-order valence-electron chi connectivity index (χ3n) is 4.40. The van der Waals surface area contributed by atoms with Gasteiger partial charge in [0.25, 0.3) is 5.91 Å². The monoisotopic (exact) mass is 391 g/mol. The molecule has 0 fully saturated rings. The standard InChI is InChI=1S/C20H17F4N3O/c1-13-15(11-25-27(13)18-10-6-5-9-17(18)21)19(28)26(2)12-14-7-3-4-8-16(14)20(22,23)24/h3-11H,12H2,1-2H3. The van der Waals surface area contributed by atoms with Crippen molar-refractivity contribution in [3.8, 4) is 5.69 Å². The van der Waals surface area contributed by atoms with E-state index in [1.165, 1.54) is 59.2 Å². The molecule has 0 unspecified atom stereocenters. The van der Waals surface area contributed by atoms with E-state index in [4.69, 9.17) is 0 Å². The second-order valence-electron chi connectivity index (χ2n) is 6.32. The highest BCUT2D eigenvalue weighted by atomic mass is 19.4. The van der Waals surface area contributed by atoms with Crippen molar-refractivity contribution in [1.29, 1.82) is 0 Å². The lowest BCUT2D eigenvalue weighted by Gasteiger charge is -2.20. The molecule has 1 aromatic heterocycles. The van der Waals surface area contributed by atoms with Crippen LogP contribution in [0.5, 0.6) is 0 Å². The van der Waals surface area contributed by atoms with Crippen LogP contribution in [-0.4, -0.2) is 27.6 Å². The summed E-state index contributed by atoms with van der Waals surface area (Å²) in [6, 6.07) is 11.1. The molecule has 0 spiro atoms. The first-order valence-electron chi connectivity index (χ1n) is 8.40. The first-order chi connectivity index (χ1) is 13.2. The van der Waals surface area contributed by atoms with Crippen LogP contribution in [-0.2, 0) is 12.7 Å². The average Bonchev–Trinajstić information content (AvgIpc) is 3.02. The molecule has 0 N–H and O–H groups in total. The van der Waals surface area contributed by atoms with Gasteiger partial charge in [-0.05, 0) is 30.7 Å². The molecule has 4 nitrogen and oxygen atoms in total. The Labute approximate surface area is 159 Å². The van der Waals surface area contributed by atoms with Gasteiger partial charge in [-0.2, -0.15) is 18.3 Å². The molecule has 1 amide bonds. The molecule has 146 valence electrons. The normalized spacial score (nSPS) is 11.5. The van der Waals surface area contributed by atoms with Gasteiger partial charge >= 0.3 is 6.18 Å². The fourth-order valence-electron chi connectivity index (χ4n) is 2.95. The van der Waals surface area contributed by atoms with E-state index >= 15 is 0 Å². The Morgan fingerprint density at radius 2 is 1.75 bits per heavy atom. The third-order valence-corrected chi connectivity index (χ3v) is 4.40. The summed E-state index contributed by atoms with van der Waals surface area (Å²) in [5, 5.41) is 4.06. The van der Waals surface area contributed by atoms with Gasteiger partial charge in [0.1, 0.15) is 11.5 Å². The zero-order valence-electron chi connectivity index (χ0n) is 15.2. The van der Waals surface area contributed by atoms with Gasteiger partial charge < -0.3 is 4.90 Å². The lowest BCUT2D eigenvalue weighted by Crippen LogP contribution is -2.28. The van der Waals surface area contributed by atoms with E-state index in [1.807, 2.05) is 0 Å². The lowest BCUT2D eigenvalue weighted by atomic mass is 10.1. The maximum atomic E-state index is 14.0. The summed E-state index contributed by atoms with van der Waals surface area (Å²) in [7, 11) is 1.41. The van der Waals surface area contributed by atoms with Crippen LogP contribution in [0.25, 0.3) is 5.69 Å². The molecule has 0 aliphatic heterocycles. The number of alkyl halides is 3. The Balaban J connectivity index is 1.87. The van der Waals surface area contributed by atoms with E-state index in [0.717, 1.165) is 6.07 Å². The molecule has 3 aromatic rings. The SMILES string of the molecule is Cc1c(C(=O)N(C)Cc2ccccc2C(F)(F)F)cnn1-c1ccccc1F. The van der Waals surface area contributed by atoms with Gasteiger partial charge in [-0.1, -0.05) is 30.3 Å². The average molecular weight is 391 g/mol. The molecule has 0 radical (unpaired) electrons. The van der Waals surface area contributed by atoms with Crippen molar-refractivity contribution in [2.45, 2.75) is 19.6 Å². The number of hydrogen-bond donors (Lipinski definition) is 0. The topological polar surface area (TPSA) is 38.1 Å². The number of carbonyl (C=O) groups is 1. The highest BCUT2D eigenvalue weighted by Gasteiger charge is 2.33. The van der Waals surface area contributed by atoms with Crippen molar-refractivity contribution < 1.29 is 22.4 Å². The molecule has 0 aliphatic rings. The van der Waals surface area contributed by atoms with E-state index in [0.29, 0.717) is 5.69 Å². The van der Waals surface area contributed by atoms with Gasteiger partial charge in [0.05, 0.1) is 23.0 Å². The summed E-state index contributed by atoms with van der Waals surface area (Å²) in [5.74, 6) is -1.00. The molecule has 3 rings (SSSR count). The van der Waals surface area contributed by atoms with Crippen LogP contribution < -0.4 is 0 Å². The fourth-order valence-corrected chi connectivity index (χ4v) is 2.95. The zero-order valence-corrected chi connectivity index (χ0v) is 15.2. The van der Waals surface area contributed by atoms with Crippen molar-refractivity contribution in [1.82, 2.24) is 14.7 Å². The Bertz CT molecular complexity index is 1010. The molecule has 2 aromatic carbocycles. The Hall–Kier alpha value is -3.16. The number of amides is 1. The predicted molar refractivity (Wildman–Crippen MR) is 95.5 cm³/mol. The van der Waals surface area contributed by atoms with E-state index in [2.05, 4.69) is 5.10 Å². The van der Waals surface area contributed by atoms with Crippen LogP contribution >= 0.6 is 0 Å². The van der Waals surface area contributed by atoms with Crippen molar-refractivity contribution in [2.75, 3.05) is 7.05 Å². The summed E-state index contributed by atoms with van der Waals surface area (Å²) in [5.41, 5.74) is -0.0242. The number of carbonyl (C=O) groups excluding carboxylic acids is 1. The van der Waals surface area contributed by atoms with E-state index in [-0.39, 0.29) is 23.4 Å². The quantitative estimate of drug-likeness (QED) is 0.609. The lowest BCUT2D eigenvalue weighted by molar-refractivity contribution is -0.138. The van der Waals surface area contributed by atoms with E-state index in [1.54, 1.807) is 13.0 Å². The van der Waals surface area contributed by atoms with Crippen molar-refractivity contribution in [3.05, 3.63) is 82.9 Å². The van der Waals surface area contributed by atoms with Gasteiger partial charge in [-0.15, -0.1) is 0 Å². The van der Waals surface area contributed by atoms with E-state index in [9.17, 15) is 22.4 Å². The second-order valence-corrected chi connectivity index (χ2v) is 6.32. The number of nitrogens with zero attached hydrogens (tertiary/aromatic N) is 3. The molecular weight excluding hydrogens is 374 g/mol. The van der Waals surface area contributed by atoms with Crippen molar-refractivity contribution in [2.24, 2.45) is 0 Å². The number of para-hydroxylation sites is 1.